The van der Waals surface area contributed by atoms with Crippen LogP contribution in [-0.2, 0) is 14.1 Å². The van der Waals surface area contributed by atoms with E-state index in [1.54, 1.807) is 7.05 Å². The Labute approximate surface area is 112 Å². The van der Waals surface area contributed by atoms with Crippen molar-refractivity contribution in [2.45, 2.75) is 45.1 Å². The van der Waals surface area contributed by atoms with Crippen molar-refractivity contribution in [2.75, 3.05) is 5.32 Å². The molecule has 19 heavy (non-hydrogen) atoms. The molecule has 0 amide bonds. The summed E-state index contributed by atoms with van der Waals surface area (Å²) in [6.07, 6.45) is 5.80. The van der Waals surface area contributed by atoms with Gasteiger partial charge in [0.25, 0.3) is 5.56 Å². The maximum Gasteiger partial charge on any atom is 0.346 e. The van der Waals surface area contributed by atoms with E-state index in [4.69, 9.17) is 0 Å². The van der Waals surface area contributed by atoms with Gasteiger partial charge in [0.05, 0.1) is 0 Å². The largest absolute Gasteiger partial charge is 0.361 e. The Kier molecular flexibility index (Phi) is 4.07. The van der Waals surface area contributed by atoms with Gasteiger partial charge in [-0.2, -0.15) is 0 Å². The third kappa shape index (κ3) is 2.72. The Hall–Kier alpha value is -1.59. The summed E-state index contributed by atoms with van der Waals surface area (Å²) in [6.45, 7) is 2.18. The highest BCUT2D eigenvalue weighted by molar-refractivity contribution is 5.31. The van der Waals surface area contributed by atoms with Gasteiger partial charge in [0.1, 0.15) is 0 Å². The normalized spacial score (nSPS) is 23.3. The van der Waals surface area contributed by atoms with E-state index >= 15 is 0 Å². The molecule has 0 aliphatic heterocycles. The molecular formula is C13H22N4O2. The number of aromatic nitrogens is 3. The first-order valence-corrected chi connectivity index (χ1v) is 6.95. The molecule has 0 radical (unpaired) electrons. The molecule has 2 unspecified atom stereocenters. The van der Waals surface area contributed by atoms with Crippen LogP contribution < -0.4 is 16.6 Å². The van der Waals surface area contributed by atoms with Crippen LogP contribution in [0, 0.1) is 5.92 Å². The van der Waals surface area contributed by atoms with E-state index in [1.165, 1.54) is 31.0 Å². The van der Waals surface area contributed by atoms with Crippen molar-refractivity contribution < 1.29 is 0 Å². The number of hydrogen-bond donors (Lipinski definition) is 1. The number of aryl methyl sites for hydroxylation is 1. The lowest BCUT2D eigenvalue weighted by Crippen LogP contribution is -2.42. The number of anilines is 1. The minimum atomic E-state index is -0.397. The third-order valence-corrected chi connectivity index (χ3v) is 4.08. The van der Waals surface area contributed by atoms with Crippen LogP contribution in [-0.4, -0.2) is 20.4 Å². The lowest BCUT2D eigenvalue weighted by atomic mass is 9.83. The summed E-state index contributed by atoms with van der Waals surface area (Å²) in [4.78, 5) is 23.6. The molecule has 6 heteroatoms. The van der Waals surface area contributed by atoms with Gasteiger partial charge in [0, 0.05) is 20.1 Å². The Morgan fingerprint density at radius 2 is 1.95 bits per heavy atom. The molecule has 0 spiro atoms. The molecule has 6 nitrogen and oxygen atoms in total. The van der Waals surface area contributed by atoms with Crippen molar-refractivity contribution in [3.05, 3.63) is 20.8 Å². The molecule has 0 bridgehead atoms. The molecule has 0 aromatic carbocycles. The molecular weight excluding hydrogens is 244 g/mol. The van der Waals surface area contributed by atoms with Crippen molar-refractivity contribution in [3.63, 3.8) is 0 Å². The Bertz CT molecular complexity index is 561. The molecule has 1 fully saturated rings. The average Bonchev–Trinajstić information content (AvgIpc) is 2.43. The first-order valence-electron chi connectivity index (χ1n) is 6.95. The van der Waals surface area contributed by atoms with Crippen molar-refractivity contribution in [3.8, 4) is 0 Å². The van der Waals surface area contributed by atoms with Gasteiger partial charge < -0.3 is 5.32 Å². The second-order valence-electron chi connectivity index (χ2n) is 5.32. The highest BCUT2D eigenvalue weighted by Crippen LogP contribution is 2.28. The first kappa shape index (κ1) is 13.8. The first-order chi connectivity index (χ1) is 9.04. The summed E-state index contributed by atoms with van der Waals surface area (Å²) in [5, 5.41) is 7.31. The molecule has 1 aromatic heterocycles. The van der Waals surface area contributed by atoms with Gasteiger partial charge in [0.2, 0.25) is 5.82 Å². The Morgan fingerprint density at radius 3 is 2.63 bits per heavy atom. The zero-order valence-electron chi connectivity index (χ0n) is 11.8. The maximum absolute atomic E-state index is 12.0. The highest BCUT2D eigenvalue weighted by atomic mass is 16.2. The molecule has 0 saturated heterocycles. The summed E-state index contributed by atoms with van der Waals surface area (Å²) in [5.41, 5.74) is -0.741. The molecule has 2 rings (SSSR count). The third-order valence-electron chi connectivity index (χ3n) is 4.08. The highest BCUT2D eigenvalue weighted by Gasteiger charge is 2.25. The van der Waals surface area contributed by atoms with Crippen molar-refractivity contribution in [2.24, 2.45) is 20.0 Å². The lowest BCUT2D eigenvalue weighted by Gasteiger charge is -2.31. The lowest BCUT2D eigenvalue weighted by molar-refractivity contribution is 0.316. The summed E-state index contributed by atoms with van der Waals surface area (Å²) < 4.78 is 2.30. The van der Waals surface area contributed by atoms with Gasteiger partial charge in [-0.1, -0.05) is 26.2 Å². The van der Waals surface area contributed by atoms with Crippen molar-refractivity contribution in [1.29, 1.82) is 0 Å². The number of nitrogens with one attached hydrogen (secondary N) is 1. The SMILES string of the molecule is CCC1CCCCC1Nc1nn(C)c(=O)n(C)c1=O. The molecule has 1 aliphatic carbocycles. The van der Waals surface area contributed by atoms with Crippen LogP contribution in [0.1, 0.15) is 39.0 Å². The number of hydrogen-bond acceptors (Lipinski definition) is 4. The Balaban J connectivity index is 2.28. The topological polar surface area (TPSA) is 68.9 Å². The predicted molar refractivity (Wildman–Crippen MR) is 74.4 cm³/mol. The standard InChI is InChI=1S/C13H22N4O2/c1-4-9-7-5-6-8-10(9)14-11-12(18)16(2)13(19)17(3)15-11/h9-10H,4-8H2,1-3H3,(H,14,15). The zero-order chi connectivity index (χ0) is 14.0. The van der Waals surface area contributed by atoms with Gasteiger partial charge >= 0.3 is 5.69 Å². The summed E-state index contributed by atoms with van der Waals surface area (Å²) in [6, 6.07) is 0.288. The maximum atomic E-state index is 12.0. The van der Waals surface area contributed by atoms with Crippen molar-refractivity contribution in [1.82, 2.24) is 14.3 Å². The van der Waals surface area contributed by atoms with Gasteiger partial charge in [-0.05, 0) is 18.8 Å². The molecule has 1 saturated carbocycles. The second-order valence-corrected chi connectivity index (χ2v) is 5.32. The van der Waals surface area contributed by atoms with E-state index in [1.807, 2.05) is 0 Å². The van der Waals surface area contributed by atoms with E-state index in [0.717, 1.165) is 17.4 Å². The van der Waals surface area contributed by atoms with Gasteiger partial charge in [-0.3, -0.25) is 9.36 Å². The van der Waals surface area contributed by atoms with E-state index in [9.17, 15) is 9.59 Å². The smallest absolute Gasteiger partial charge is 0.346 e. The minimum absolute atomic E-state index is 0.287. The van der Waals surface area contributed by atoms with Gasteiger partial charge in [-0.25, -0.2) is 9.48 Å². The van der Waals surface area contributed by atoms with E-state index < -0.39 is 5.69 Å². The fourth-order valence-corrected chi connectivity index (χ4v) is 2.85. The molecule has 1 aliphatic rings. The number of rotatable bonds is 3. The van der Waals surface area contributed by atoms with Crippen molar-refractivity contribution >= 4 is 5.82 Å². The quantitative estimate of drug-likeness (QED) is 0.881. The van der Waals surface area contributed by atoms with Gasteiger partial charge in [-0.15, -0.1) is 5.10 Å². The van der Waals surface area contributed by atoms with Crippen LogP contribution in [0.2, 0.25) is 0 Å². The van der Waals surface area contributed by atoms with Crippen LogP contribution in [0.15, 0.2) is 9.59 Å². The molecule has 106 valence electrons. The molecule has 1 heterocycles. The fourth-order valence-electron chi connectivity index (χ4n) is 2.85. The van der Waals surface area contributed by atoms with Gasteiger partial charge in [0.15, 0.2) is 0 Å². The predicted octanol–water partition coefficient (Wildman–Crippen LogP) is 0.860. The molecule has 1 N–H and O–H groups in total. The van der Waals surface area contributed by atoms with E-state index in [-0.39, 0.29) is 17.4 Å². The molecule has 2 atom stereocenters. The van der Waals surface area contributed by atoms with E-state index in [2.05, 4.69) is 17.3 Å². The van der Waals surface area contributed by atoms with Crippen LogP contribution in [0.4, 0.5) is 5.82 Å². The van der Waals surface area contributed by atoms with E-state index in [0.29, 0.717) is 5.92 Å². The van der Waals surface area contributed by atoms with Crippen LogP contribution in [0.25, 0.3) is 0 Å². The number of nitrogens with zero attached hydrogens (tertiary/aromatic N) is 3. The van der Waals surface area contributed by atoms with Crippen LogP contribution >= 0.6 is 0 Å². The second kappa shape index (κ2) is 5.59. The zero-order valence-corrected chi connectivity index (χ0v) is 11.8. The average molecular weight is 266 g/mol. The Morgan fingerprint density at radius 1 is 1.26 bits per heavy atom. The fraction of sp³-hybridized carbons (Fsp3) is 0.769. The molecule has 1 aromatic rings. The summed E-state index contributed by atoms with van der Waals surface area (Å²) >= 11 is 0. The van der Waals surface area contributed by atoms with Crippen LogP contribution in [0.5, 0.6) is 0 Å². The summed E-state index contributed by atoms with van der Waals surface area (Å²) in [5.74, 6) is 0.868. The monoisotopic (exact) mass is 266 g/mol. The summed E-state index contributed by atoms with van der Waals surface area (Å²) in [7, 11) is 3.04. The minimum Gasteiger partial charge on any atom is -0.361 e. The van der Waals surface area contributed by atoms with Crippen LogP contribution in [0.3, 0.4) is 0 Å².